The van der Waals surface area contributed by atoms with Gasteiger partial charge in [-0.05, 0) is 109 Å². The standard InChI is InChI=1S/C38H50O5/c1-5-31(33-15-21-38(22-16-33)43-29(4)41-24-23-30-9-7-6-8-10-30)26-35(34-11-17-36(40)18-12-34)25-27(2)32-13-19-37(20-14-32)42-28(3)39/h11-22,27,29-31,35,40H,5-10,23-26H2,1-4H3. The zero-order valence-corrected chi connectivity index (χ0v) is 26.5. The summed E-state index contributed by atoms with van der Waals surface area (Å²) in [5, 5.41) is 9.93. The molecule has 232 valence electrons. The average Bonchev–Trinajstić information content (AvgIpc) is 3.00. The smallest absolute Gasteiger partial charge is 0.308 e. The Morgan fingerprint density at radius 1 is 0.791 bits per heavy atom. The molecule has 1 N–H and O–H groups in total. The van der Waals surface area contributed by atoms with E-state index < -0.39 is 0 Å². The van der Waals surface area contributed by atoms with Crippen LogP contribution in [-0.2, 0) is 9.53 Å². The molecule has 3 aromatic carbocycles. The fourth-order valence-electron chi connectivity index (χ4n) is 6.51. The van der Waals surface area contributed by atoms with Gasteiger partial charge in [0.15, 0.2) is 6.29 Å². The Kier molecular flexibility index (Phi) is 12.5. The van der Waals surface area contributed by atoms with Crippen molar-refractivity contribution in [3.63, 3.8) is 0 Å². The average molecular weight is 587 g/mol. The van der Waals surface area contributed by atoms with Gasteiger partial charge in [-0.25, -0.2) is 0 Å². The van der Waals surface area contributed by atoms with E-state index in [4.69, 9.17) is 14.2 Å². The molecule has 4 unspecified atom stereocenters. The maximum atomic E-state index is 11.3. The van der Waals surface area contributed by atoms with Crippen molar-refractivity contribution in [1.29, 1.82) is 0 Å². The van der Waals surface area contributed by atoms with Crippen molar-refractivity contribution in [1.82, 2.24) is 0 Å². The molecule has 0 bridgehead atoms. The van der Waals surface area contributed by atoms with Crippen molar-refractivity contribution in [2.24, 2.45) is 5.92 Å². The summed E-state index contributed by atoms with van der Waals surface area (Å²) in [6, 6.07) is 24.0. The minimum atomic E-state index is -0.314. The molecule has 5 nitrogen and oxygen atoms in total. The lowest BCUT2D eigenvalue weighted by Gasteiger charge is -2.27. The van der Waals surface area contributed by atoms with Crippen molar-refractivity contribution in [2.45, 2.75) is 110 Å². The summed E-state index contributed by atoms with van der Waals surface area (Å²) in [7, 11) is 0. The number of esters is 1. The van der Waals surface area contributed by atoms with E-state index in [0.717, 1.165) is 44.0 Å². The highest BCUT2D eigenvalue weighted by Crippen LogP contribution is 2.39. The molecule has 5 heteroatoms. The molecule has 1 aliphatic rings. The number of ether oxygens (including phenoxy) is 3. The Bertz CT molecular complexity index is 1230. The first-order chi connectivity index (χ1) is 20.8. The Balaban J connectivity index is 1.38. The molecule has 0 spiro atoms. The number of hydrogen-bond acceptors (Lipinski definition) is 5. The lowest BCUT2D eigenvalue weighted by molar-refractivity contribution is -0.131. The Hall–Kier alpha value is -3.31. The SMILES string of the molecule is CCC(CC(CC(C)c1ccc(OC(C)=O)cc1)c1ccc(O)cc1)c1ccc(OC(C)OCCC2CCCCC2)cc1. The van der Waals surface area contributed by atoms with Crippen LogP contribution in [0.3, 0.4) is 0 Å². The number of aromatic hydroxyl groups is 1. The van der Waals surface area contributed by atoms with Gasteiger partial charge >= 0.3 is 5.97 Å². The quantitative estimate of drug-likeness (QED) is 0.109. The van der Waals surface area contributed by atoms with Crippen LogP contribution < -0.4 is 9.47 Å². The maximum Gasteiger partial charge on any atom is 0.308 e. The fourth-order valence-corrected chi connectivity index (χ4v) is 6.51. The summed E-state index contributed by atoms with van der Waals surface area (Å²) >= 11 is 0. The van der Waals surface area contributed by atoms with Gasteiger partial charge in [0.1, 0.15) is 17.2 Å². The van der Waals surface area contributed by atoms with Crippen LogP contribution in [-0.4, -0.2) is 24.0 Å². The monoisotopic (exact) mass is 586 g/mol. The van der Waals surface area contributed by atoms with Gasteiger partial charge < -0.3 is 19.3 Å². The van der Waals surface area contributed by atoms with Gasteiger partial charge in [0.05, 0.1) is 6.61 Å². The normalized spacial score (nSPS) is 16.7. The number of phenolic OH excluding ortho intramolecular Hbond substituents is 1. The van der Waals surface area contributed by atoms with Crippen LogP contribution in [0.1, 0.15) is 120 Å². The maximum absolute atomic E-state index is 11.3. The molecule has 4 atom stereocenters. The first kappa shape index (κ1) is 32.6. The Morgan fingerprint density at radius 3 is 2.00 bits per heavy atom. The predicted octanol–water partition coefficient (Wildman–Crippen LogP) is 9.89. The second-order valence-corrected chi connectivity index (χ2v) is 12.3. The molecule has 0 heterocycles. The molecule has 0 saturated heterocycles. The van der Waals surface area contributed by atoms with E-state index in [-0.39, 0.29) is 18.0 Å². The lowest BCUT2D eigenvalue weighted by Crippen LogP contribution is -2.19. The van der Waals surface area contributed by atoms with Crippen LogP contribution in [0.2, 0.25) is 0 Å². The van der Waals surface area contributed by atoms with Gasteiger partial charge in [-0.1, -0.05) is 82.3 Å². The van der Waals surface area contributed by atoms with Crippen LogP contribution in [0.15, 0.2) is 72.8 Å². The number of phenols is 1. The molecular weight excluding hydrogens is 536 g/mol. The molecule has 0 radical (unpaired) electrons. The van der Waals surface area contributed by atoms with Crippen LogP contribution in [0.25, 0.3) is 0 Å². The molecule has 1 aliphatic carbocycles. The van der Waals surface area contributed by atoms with E-state index in [9.17, 15) is 9.90 Å². The molecule has 3 aromatic rings. The molecule has 4 rings (SSSR count). The summed E-state index contributed by atoms with van der Waals surface area (Å²) in [6.07, 6.45) is 10.7. The minimum absolute atomic E-state index is 0.264. The first-order valence-electron chi connectivity index (χ1n) is 16.3. The molecule has 43 heavy (non-hydrogen) atoms. The highest BCUT2D eigenvalue weighted by Gasteiger charge is 2.22. The largest absolute Gasteiger partial charge is 0.508 e. The van der Waals surface area contributed by atoms with E-state index in [2.05, 4.69) is 50.2 Å². The van der Waals surface area contributed by atoms with E-state index in [0.29, 0.717) is 23.5 Å². The molecular formula is C38H50O5. The summed E-state index contributed by atoms with van der Waals surface area (Å²) in [4.78, 5) is 11.3. The van der Waals surface area contributed by atoms with E-state index in [1.165, 1.54) is 55.7 Å². The number of carbonyl (C=O) groups is 1. The number of benzene rings is 3. The lowest BCUT2D eigenvalue weighted by atomic mass is 9.78. The van der Waals surface area contributed by atoms with Gasteiger partial charge in [0.25, 0.3) is 0 Å². The third-order valence-corrected chi connectivity index (χ3v) is 9.03. The van der Waals surface area contributed by atoms with Crippen molar-refractivity contribution < 1.29 is 24.1 Å². The van der Waals surface area contributed by atoms with E-state index >= 15 is 0 Å². The van der Waals surface area contributed by atoms with Crippen LogP contribution in [0.4, 0.5) is 0 Å². The van der Waals surface area contributed by atoms with Crippen molar-refractivity contribution >= 4 is 5.97 Å². The number of carbonyl (C=O) groups excluding carboxylic acids is 1. The highest BCUT2D eigenvalue weighted by molar-refractivity contribution is 5.69. The fraction of sp³-hybridized carbons (Fsp3) is 0.500. The van der Waals surface area contributed by atoms with Crippen molar-refractivity contribution in [2.75, 3.05) is 6.61 Å². The zero-order chi connectivity index (χ0) is 30.6. The zero-order valence-electron chi connectivity index (χ0n) is 26.5. The number of rotatable bonds is 15. The molecule has 1 saturated carbocycles. The summed E-state index contributed by atoms with van der Waals surface area (Å²) in [5.41, 5.74) is 3.76. The van der Waals surface area contributed by atoms with Gasteiger partial charge in [-0.15, -0.1) is 0 Å². The van der Waals surface area contributed by atoms with Gasteiger partial charge in [-0.2, -0.15) is 0 Å². The summed E-state index contributed by atoms with van der Waals surface area (Å²) < 4.78 is 17.3. The highest BCUT2D eigenvalue weighted by atomic mass is 16.7. The predicted molar refractivity (Wildman–Crippen MR) is 173 cm³/mol. The third kappa shape index (κ3) is 10.4. The number of hydrogen-bond donors (Lipinski definition) is 1. The molecule has 0 amide bonds. The Labute approximate surface area is 258 Å². The third-order valence-electron chi connectivity index (χ3n) is 9.03. The van der Waals surface area contributed by atoms with Crippen molar-refractivity contribution in [3.8, 4) is 17.2 Å². The van der Waals surface area contributed by atoms with E-state index in [1.54, 1.807) is 12.1 Å². The van der Waals surface area contributed by atoms with Crippen molar-refractivity contribution in [3.05, 3.63) is 89.5 Å². The van der Waals surface area contributed by atoms with E-state index in [1.807, 2.05) is 31.2 Å². The van der Waals surface area contributed by atoms with Gasteiger partial charge in [-0.3, -0.25) is 4.79 Å². The second kappa shape index (κ2) is 16.5. The molecule has 0 aromatic heterocycles. The molecule has 1 fully saturated rings. The topological polar surface area (TPSA) is 65.0 Å². The van der Waals surface area contributed by atoms with Gasteiger partial charge in [0.2, 0.25) is 0 Å². The molecule has 0 aliphatic heterocycles. The van der Waals surface area contributed by atoms with Crippen LogP contribution >= 0.6 is 0 Å². The first-order valence-corrected chi connectivity index (χ1v) is 16.3. The Morgan fingerprint density at radius 2 is 1.37 bits per heavy atom. The van der Waals surface area contributed by atoms with Crippen LogP contribution in [0.5, 0.6) is 17.2 Å². The minimum Gasteiger partial charge on any atom is -0.508 e. The second-order valence-electron chi connectivity index (χ2n) is 12.3. The summed E-state index contributed by atoms with van der Waals surface area (Å²) in [5.74, 6) is 3.18. The van der Waals surface area contributed by atoms with Gasteiger partial charge in [0, 0.05) is 6.92 Å². The van der Waals surface area contributed by atoms with Crippen LogP contribution in [0, 0.1) is 5.92 Å². The summed E-state index contributed by atoms with van der Waals surface area (Å²) in [6.45, 7) is 8.66.